The average Bonchev–Trinajstić information content (AvgIpc) is 3.54. The van der Waals surface area contributed by atoms with Gasteiger partial charge in [0.2, 0.25) is 0 Å². The molecule has 2 saturated heterocycles. The molecule has 1 saturated carbocycles. The number of anilines is 2. The molecule has 1 aliphatic carbocycles. The van der Waals surface area contributed by atoms with E-state index in [1.807, 2.05) is 31.3 Å². The number of nitrogens with one attached hydrogen (secondary N) is 2. The third kappa shape index (κ3) is 7.32. The van der Waals surface area contributed by atoms with Gasteiger partial charge in [-0.1, -0.05) is 57.4 Å². The number of methoxy groups -OCH3 is 1. The first-order chi connectivity index (χ1) is 22.0. The third-order valence-corrected chi connectivity index (χ3v) is 10.5. The molecule has 0 radical (unpaired) electrons. The summed E-state index contributed by atoms with van der Waals surface area (Å²) in [5, 5.41) is 12.0. The zero-order valence-electron chi connectivity index (χ0n) is 27.3. The number of aromatic nitrogens is 2. The van der Waals surface area contributed by atoms with E-state index in [0.29, 0.717) is 24.0 Å². The van der Waals surface area contributed by atoms with Crippen LogP contribution < -0.4 is 20.4 Å². The van der Waals surface area contributed by atoms with E-state index in [1.54, 1.807) is 9.80 Å². The smallest absolute Gasteiger partial charge is 0.416 e. The number of benzene rings is 1. The Morgan fingerprint density at radius 3 is 2.27 bits per heavy atom. The van der Waals surface area contributed by atoms with E-state index in [4.69, 9.17) is 9.47 Å². The van der Waals surface area contributed by atoms with Crippen molar-refractivity contribution in [3.63, 3.8) is 0 Å². The van der Waals surface area contributed by atoms with Gasteiger partial charge in [0.05, 0.1) is 43.3 Å². The zero-order chi connectivity index (χ0) is 31.2. The fraction of sp³-hybridized carbons (Fsp3) is 0.686. The lowest BCUT2D eigenvalue weighted by Gasteiger charge is -2.44. The number of carbonyl (C=O) groups is 2. The molecule has 1 spiro atoms. The van der Waals surface area contributed by atoms with Gasteiger partial charge in [-0.15, -0.1) is 0 Å². The molecule has 10 nitrogen and oxygen atoms in total. The molecule has 1 unspecified atom stereocenters. The van der Waals surface area contributed by atoms with Crippen molar-refractivity contribution in [1.82, 2.24) is 20.4 Å². The van der Waals surface area contributed by atoms with Crippen LogP contribution in [0.15, 0.2) is 30.6 Å². The zero-order valence-corrected chi connectivity index (χ0v) is 27.3. The molecule has 0 bridgehead atoms. The largest absolute Gasteiger partial charge is 0.452 e. The summed E-state index contributed by atoms with van der Waals surface area (Å²) < 4.78 is 13.5. The number of hydrogen-bond acceptors (Lipinski definition) is 7. The Hall–Kier alpha value is -3.11. The van der Waals surface area contributed by atoms with Crippen LogP contribution in [0.3, 0.4) is 0 Å². The Bertz CT molecular complexity index is 1290. The summed E-state index contributed by atoms with van der Waals surface area (Å²) in [4.78, 5) is 30.3. The predicted octanol–water partition coefficient (Wildman–Crippen LogP) is 7.15. The molecule has 6 rings (SSSR count). The molecule has 246 valence electrons. The normalized spacial score (nSPS) is 24.8. The number of nitrogens with zero attached hydrogens (tertiary/aromatic N) is 4. The van der Waals surface area contributed by atoms with E-state index >= 15 is 0 Å². The molecule has 4 aliphatic rings. The highest BCUT2D eigenvalue weighted by Crippen LogP contribution is 2.40. The lowest BCUT2D eigenvalue weighted by molar-refractivity contribution is 0.0185. The van der Waals surface area contributed by atoms with Gasteiger partial charge in [0.15, 0.2) is 6.23 Å². The molecule has 2 amide bonds. The van der Waals surface area contributed by atoms with Gasteiger partial charge in [-0.05, 0) is 82.7 Å². The van der Waals surface area contributed by atoms with Crippen molar-refractivity contribution in [3.8, 4) is 11.1 Å². The second-order valence-electron chi connectivity index (χ2n) is 13.7. The average molecular weight is 621 g/mol. The van der Waals surface area contributed by atoms with Crippen molar-refractivity contribution in [2.24, 2.45) is 0 Å². The fourth-order valence-electron chi connectivity index (χ4n) is 8.00. The van der Waals surface area contributed by atoms with Crippen molar-refractivity contribution in [2.45, 2.75) is 127 Å². The molecule has 2 atom stereocenters. The summed E-state index contributed by atoms with van der Waals surface area (Å²) in [6, 6.07) is 5.99. The molecule has 1 aromatic carbocycles. The van der Waals surface area contributed by atoms with E-state index in [2.05, 4.69) is 26.6 Å². The predicted molar refractivity (Wildman–Crippen MR) is 177 cm³/mol. The highest BCUT2D eigenvalue weighted by Gasteiger charge is 2.40. The van der Waals surface area contributed by atoms with Gasteiger partial charge in [0.1, 0.15) is 0 Å². The van der Waals surface area contributed by atoms with Crippen molar-refractivity contribution >= 4 is 23.6 Å². The molecule has 3 fully saturated rings. The SMILES string of the molecule is COC(=O)N1c2ccc(-c3cnn(C4CCNCC4)c3)cc2N(C(=O)OC2CCCC3(CCCCCCCCCC3)N2)C[C@@H]1C. The van der Waals surface area contributed by atoms with Crippen LogP contribution in [0.4, 0.5) is 21.0 Å². The maximum absolute atomic E-state index is 14.0. The Labute approximate surface area is 268 Å². The highest BCUT2D eigenvalue weighted by molar-refractivity contribution is 6.01. The molecular weight excluding hydrogens is 568 g/mol. The number of fused-ring (bicyclic) bond motifs is 1. The quantitative estimate of drug-likeness (QED) is 0.376. The fourth-order valence-corrected chi connectivity index (χ4v) is 8.00. The minimum Gasteiger partial charge on any atom is -0.452 e. The van der Waals surface area contributed by atoms with Crippen LogP contribution in [0, 0.1) is 0 Å². The van der Waals surface area contributed by atoms with Gasteiger partial charge in [0.25, 0.3) is 0 Å². The van der Waals surface area contributed by atoms with Crippen molar-refractivity contribution in [2.75, 3.05) is 36.5 Å². The first-order valence-electron chi connectivity index (χ1n) is 17.5. The Morgan fingerprint density at radius 2 is 1.56 bits per heavy atom. The van der Waals surface area contributed by atoms with Gasteiger partial charge in [-0.25, -0.2) is 9.59 Å². The Morgan fingerprint density at radius 1 is 0.867 bits per heavy atom. The van der Waals surface area contributed by atoms with Crippen LogP contribution in [-0.2, 0) is 9.47 Å². The monoisotopic (exact) mass is 620 g/mol. The summed E-state index contributed by atoms with van der Waals surface area (Å²) in [7, 11) is 1.39. The topological polar surface area (TPSA) is 101 Å². The first kappa shape index (κ1) is 31.9. The van der Waals surface area contributed by atoms with Gasteiger partial charge in [-0.2, -0.15) is 5.10 Å². The number of amides is 2. The second kappa shape index (κ2) is 14.5. The van der Waals surface area contributed by atoms with Gasteiger partial charge >= 0.3 is 12.2 Å². The highest BCUT2D eigenvalue weighted by atomic mass is 16.6. The molecular formula is C35H52N6O4. The summed E-state index contributed by atoms with van der Waals surface area (Å²) in [6.45, 7) is 4.24. The lowest BCUT2D eigenvalue weighted by Crippen LogP contribution is -2.57. The van der Waals surface area contributed by atoms with E-state index < -0.39 is 6.09 Å². The molecule has 3 aliphatic heterocycles. The number of carbonyl (C=O) groups excluding carboxylic acids is 2. The van der Waals surface area contributed by atoms with Crippen LogP contribution in [0.25, 0.3) is 11.1 Å². The van der Waals surface area contributed by atoms with Gasteiger partial charge in [0, 0.05) is 17.3 Å². The molecule has 1 aromatic heterocycles. The van der Waals surface area contributed by atoms with E-state index in [0.717, 1.165) is 69.2 Å². The molecule has 4 heterocycles. The first-order valence-corrected chi connectivity index (χ1v) is 17.5. The Kier molecular flexibility index (Phi) is 10.3. The maximum atomic E-state index is 14.0. The third-order valence-electron chi connectivity index (χ3n) is 10.5. The Balaban J connectivity index is 1.23. The molecule has 2 aromatic rings. The number of ether oxygens (including phenoxy) is 2. The lowest BCUT2D eigenvalue weighted by atomic mass is 9.79. The van der Waals surface area contributed by atoms with Crippen LogP contribution in [-0.4, -0.2) is 66.5 Å². The molecule has 10 heteroatoms. The van der Waals surface area contributed by atoms with Gasteiger partial charge in [-0.3, -0.25) is 19.8 Å². The number of hydrogen-bond donors (Lipinski definition) is 2. The summed E-state index contributed by atoms with van der Waals surface area (Å²) in [5.41, 5.74) is 3.26. The van der Waals surface area contributed by atoms with Crippen molar-refractivity contribution in [3.05, 3.63) is 30.6 Å². The summed E-state index contributed by atoms with van der Waals surface area (Å²) in [6.07, 6.45) is 20.6. The van der Waals surface area contributed by atoms with Crippen LogP contribution >= 0.6 is 0 Å². The van der Waals surface area contributed by atoms with Crippen LogP contribution in [0.5, 0.6) is 0 Å². The minimum absolute atomic E-state index is 0.0457. The van der Waals surface area contributed by atoms with E-state index in [9.17, 15) is 9.59 Å². The second-order valence-corrected chi connectivity index (χ2v) is 13.7. The summed E-state index contributed by atoms with van der Waals surface area (Å²) >= 11 is 0. The minimum atomic E-state index is -0.439. The number of rotatable bonds is 3. The summed E-state index contributed by atoms with van der Waals surface area (Å²) in [5.74, 6) is 0. The molecule has 45 heavy (non-hydrogen) atoms. The molecule has 2 N–H and O–H groups in total. The van der Waals surface area contributed by atoms with Crippen molar-refractivity contribution in [1.29, 1.82) is 0 Å². The van der Waals surface area contributed by atoms with E-state index in [1.165, 1.54) is 58.5 Å². The van der Waals surface area contributed by atoms with Crippen LogP contribution in [0.2, 0.25) is 0 Å². The van der Waals surface area contributed by atoms with Gasteiger partial charge < -0.3 is 14.8 Å². The van der Waals surface area contributed by atoms with E-state index in [-0.39, 0.29) is 23.9 Å². The maximum Gasteiger partial charge on any atom is 0.416 e. The number of piperidine rings is 2. The van der Waals surface area contributed by atoms with Crippen molar-refractivity contribution < 1.29 is 19.1 Å². The van der Waals surface area contributed by atoms with Crippen LogP contribution in [0.1, 0.15) is 109 Å². The standard InChI is InChI=1S/C35H52N6O4/c1-26-24-39(33(42)45-32-12-11-19-35(38-32)17-9-7-5-3-4-6-8-10-18-35)31-22-27(13-14-30(31)41(26)34(43)44-2)28-23-37-40(25-28)29-15-20-36-21-16-29/h13-14,22-23,25-26,29,32,36,38H,3-12,15-21,24H2,1-2H3/t26-,32?/m0/s1.